The molecule has 0 saturated carbocycles. The molecule has 0 spiro atoms. The van der Waals surface area contributed by atoms with Crippen molar-refractivity contribution in [2.45, 2.75) is 25.4 Å². The van der Waals surface area contributed by atoms with E-state index in [0.717, 1.165) is 5.01 Å². The summed E-state index contributed by atoms with van der Waals surface area (Å²) in [4.78, 5) is 45.5. The van der Waals surface area contributed by atoms with Crippen LogP contribution < -0.4 is 11.2 Å². The Morgan fingerprint density at radius 2 is 2.21 bits per heavy atom. The number of nitro groups is 1. The average Bonchev–Trinajstić information content (AvgIpc) is 2.86. The van der Waals surface area contributed by atoms with Crippen molar-refractivity contribution in [3.63, 3.8) is 0 Å². The van der Waals surface area contributed by atoms with Crippen LogP contribution >= 0.6 is 0 Å². The molecule has 3 N–H and O–H groups in total. The number of fused-ring (bicyclic) bond motifs is 1. The van der Waals surface area contributed by atoms with Crippen LogP contribution in [-0.2, 0) is 20.9 Å². The van der Waals surface area contributed by atoms with E-state index in [1.807, 2.05) is 0 Å². The van der Waals surface area contributed by atoms with Gasteiger partial charge in [0.05, 0.1) is 29.7 Å². The van der Waals surface area contributed by atoms with Crippen LogP contribution in [0.2, 0.25) is 0 Å². The van der Waals surface area contributed by atoms with E-state index in [4.69, 9.17) is 5.73 Å². The van der Waals surface area contributed by atoms with Crippen LogP contribution in [0.15, 0.2) is 18.2 Å². The lowest BCUT2D eigenvalue weighted by Gasteiger charge is -2.23. The van der Waals surface area contributed by atoms with E-state index in [1.54, 1.807) is 0 Å². The van der Waals surface area contributed by atoms with Crippen LogP contribution in [0, 0.1) is 10.1 Å². The summed E-state index contributed by atoms with van der Waals surface area (Å²) in [6, 6.07) is 3.23. The molecule has 0 fully saturated rings. The molecule has 0 radical (unpaired) electrons. The van der Waals surface area contributed by atoms with Crippen LogP contribution in [0.3, 0.4) is 0 Å². The molecule has 0 aromatic heterocycles. The van der Waals surface area contributed by atoms with Crippen molar-refractivity contribution in [2.75, 3.05) is 7.11 Å². The monoisotopic (exact) mass is 336 g/mol. The van der Waals surface area contributed by atoms with Crippen molar-refractivity contribution in [1.29, 1.82) is 0 Å². The first-order chi connectivity index (χ1) is 11.3. The Balaban J connectivity index is 2.19. The standard InChI is InChI=1S/C14H16N4O6/c1-24-14(21)10(5-6-12(15)19)16-17-7-9-8(13(17)20)3-2-4-11(9)18(22)23/h2-4,10,16H,5-7H2,1H3,(H2,15,19)/t10-/m0/s1. The number of amides is 2. The molecule has 10 nitrogen and oxygen atoms in total. The molecule has 1 heterocycles. The van der Waals surface area contributed by atoms with Crippen LogP contribution in [0.4, 0.5) is 5.69 Å². The predicted octanol–water partition coefficient (Wildman–Crippen LogP) is -0.138. The normalized spacial score (nSPS) is 14.2. The zero-order valence-electron chi connectivity index (χ0n) is 12.9. The second-order valence-electron chi connectivity index (χ2n) is 5.16. The molecule has 0 saturated heterocycles. The first-order valence-electron chi connectivity index (χ1n) is 7.05. The van der Waals surface area contributed by atoms with E-state index in [-0.39, 0.29) is 36.2 Å². The van der Waals surface area contributed by atoms with Gasteiger partial charge in [0.2, 0.25) is 5.91 Å². The van der Waals surface area contributed by atoms with E-state index in [9.17, 15) is 24.5 Å². The van der Waals surface area contributed by atoms with Crippen LogP contribution in [0.25, 0.3) is 0 Å². The fourth-order valence-corrected chi connectivity index (χ4v) is 2.44. The highest BCUT2D eigenvalue weighted by atomic mass is 16.6. The minimum atomic E-state index is -0.972. The Labute approximate surface area is 136 Å². The number of nitrogens with one attached hydrogen (secondary N) is 1. The number of primary amides is 1. The second-order valence-corrected chi connectivity index (χ2v) is 5.16. The Morgan fingerprint density at radius 3 is 2.79 bits per heavy atom. The molecule has 1 aliphatic rings. The molecule has 1 aromatic rings. The molecule has 1 aromatic carbocycles. The fraction of sp³-hybridized carbons (Fsp3) is 0.357. The van der Waals surface area contributed by atoms with Gasteiger partial charge in [-0.15, -0.1) is 0 Å². The van der Waals surface area contributed by atoms with E-state index in [1.165, 1.54) is 25.3 Å². The molecule has 2 rings (SSSR count). The molecule has 2 amide bonds. The average molecular weight is 336 g/mol. The third-order valence-corrected chi connectivity index (χ3v) is 3.62. The lowest BCUT2D eigenvalue weighted by molar-refractivity contribution is -0.385. The second kappa shape index (κ2) is 7.04. The minimum Gasteiger partial charge on any atom is -0.468 e. The topological polar surface area (TPSA) is 145 Å². The Bertz CT molecular complexity index is 705. The highest BCUT2D eigenvalue weighted by Crippen LogP contribution is 2.29. The van der Waals surface area contributed by atoms with Crippen molar-refractivity contribution in [3.8, 4) is 0 Å². The first-order valence-corrected chi connectivity index (χ1v) is 7.05. The first kappa shape index (κ1) is 17.3. The Hall–Kier alpha value is -3.01. The third-order valence-electron chi connectivity index (χ3n) is 3.62. The zero-order valence-corrected chi connectivity index (χ0v) is 12.9. The largest absolute Gasteiger partial charge is 0.468 e. The van der Waals surface area contributed by atoms with E-state index in [2.05, 4.69) is 10.2 Å². The minimum absolute atomic E-state index is 0.0320. The Morgan fingerprint density at radius 1 is 1.50 bits per heavy atom. The zero-order chi connectivity index (χ0) is 17.9. The summed E-state index contributed by atoms with van der Waals surface area (Å²) in [7, 11) is 1.17. The maximum atomic E-state index is 12.4. The van der Waals surface area contributed by atoms with Gasteiger partial charge < -0.3 is 10.5 Å². The van der Waals surface area contributed by atoms with Gasteiger partial charge in [-0.25, -0.2) is 5.43 Å². The molecular formula is C14H16N4O6. The molecule has 128 valence electrons. The quantitative estimate of drug-likeness (QED) is 0.400. The number of benzene rings is 1. The van der Waals surface area contributed by atoms with Gasteiger partial charge in [0.1, 0.15) is 6.04 Å². The van der Waals surface area contributed by atoms with Gasteiger partial charge in [-0.1, -0.05) is 6.07 Å². The van der Waals surface area contributed by atoms with Gasteiger partial charge in [-0.2, -0.15) is 0 Å². The van der Waals surface area contributed by atoms with E-state index in [0.29, 0.717) is 0 Å². The van der Waals surface area contributed by atoms with E-state index >= 15 is 0 Å². The number of rotatable bonds is 7. The highest BCUT2D eigenvalue weighted by Gasteiger charge is 2.35. The van der Waals surface area contributed by atoms with Gasteiger partial charge in [-0.3, -0.25) is 29.5 Å². The van der Waals surface area contributed by atoms with Crippen LogP contribution in [-0.4, -0.2) is 40.9 Å². The highest BCUT2D eigenvalue weighted by molar-refractivity contribution is 5.99. The summed E-state index contributed by atoms with van der Waals surface area (Å²) in [5.41, 5.74) is 8.01. The molecule has 24 heavy (non-hydrogen) atoms. The van der Waals surface area contributed by atoms with Crippen molar-refractivity contribution >= 4 is 23.5 Å². The maximum absolute atomic E-state index is 12.4. The number of hydrogen-bond donors (Lipinski definition) is 2. The Kier molecular flexibility index (Phi) is 5.09. The number of nitrogens with zero attached hydrogens (tertiary/aromatic N) is 2. The summed E-state index contributed by atoms with van der Waals surface area (Å²) in [6.45, 7) is -0.0740. The van der Waals surface area contributed by atoms with Crippen LogP contribution in [0.5, 0.6) is 0 Å². The van der Waals surface area contributed by atoms with Crippen molar-refractivity contribution in [3.05, 3.63) is 39.4 Å². The van der Waals surface area contributed by atoms with Crippen molar-refractivity contribution in [2.24, 2.45) is 5.73 Å². The van der Waals surface area contributed by atoms with Gasteiger partial charge >= 0.3 is 5.97 Å². The number of carbonyl (C=O) groups is 3. The van der Waals surface area contributed by atoms with E-state index < -0.39 is 28.7 Å². The van der Waals surface area contributed by atoms with Gasteiger partial charge in [0, 0.05) is 12.5 Å². The predicted molar refractivity (Wildman–Crippen MR) is 80.3 cm³/mol. The fourth-order valence-electron chi connectivity index (χ4n) is 2.44. The molecule has 10 heteroatoms. The summed E-state index contributed by atoms with van der Waals surface area (Å²) in [6.07, 6.45) is -0.0495. The van der Waals surface area contributed by atoms with Gasteiger partial charge in [-0.05, 0) is 12.5 Å². The SMILES string of the molecule is COC(=O)[C@H](CCC(N)=O)NN1Cc2c(cccc2[N+](=O)[O-])C1=O. The number of nitro benzene ring substituents is 1. The number of nitrogens with two attached hydrogens (primary N) is 1. The van der Waals surface area contributed by atoms with Crippen molar-refractivity contribution in [1.82, 2.24) is 10.4 Å². The molecule has 1 aliphatic heterocycles. The third kappa shape index (κ3) is 3.49. The lowest BCUT2D eigenvalue weighted by atomic mass is 10.1. The number of esters is 1. The smallest absolute Gasteiger partial charge is 0.324 e. The maximum Gasteiger partial charge on any atom is 0.324 e. The number of ether oxygens (including phenoxy) is 1. The molecule has 0 unspecified atom stereocenters. The molecule has 1 atom stereocenters. The number of methoxy groups -OCH3 is 1. The number of hydrogen-bond acceptors (Lipinski definition) is 7. The van der Waals surface area contributed by atoms with Gasteiger partial charge in [0.25, 0.3) is 11.6 Å². The summed E-state index contributed by atoms with van der Waals surface area (Å²) < 4.78 is 4.63. The lowest BCUT2D eigenvalue weighted by Crippen LogP contribution is -2.49. The van der Waals surface area contributed by atoms with Crippen LogP contribution in [0.1, 0.15) is 28.8 Å². The summed E-state index contributed by atoms with van der Waals surface area (Å²) >= 11 is 0. The summed E-state index contributed by atoms with van der Waals surface area (Å²) in [5, 5.41) is 12.2. The number of hydrazine groups is 1. The number of carbonyl (C=O) groups excluding carboxylic acids is 3. The van der Waals surface area contributed by atoms with Crippen molar-refractivity contribution < 1.29 is 24.0 Å². The van der Waals surface area contributed by atoms with Gasteiger partial charge in [0.15, 0.2) is 0 Å². The summed E-state index contributed by atoms with van der Waals surface area (Å²) in [5.74, 6) is -1.77. The molecule has 0 aliphatic carbocycles. The molecular weight excluding hydrogens is 320 g/mol. The molecule has 0 bridgehead atoms.